The Morgan fingerprint density at radius 1 is 1.25 bits per heavy atom. The van der Waals surface area contributed by atoms with Gasteiger partial charge in [0.2, 0.25) is 11.8 Å². The monoisotopic (exact) mass is 326 g/mol. The average Bonchev–Trinajstić information content (AvgIpc) is 3.25. The highest BCUT2D eigenvalue weighted by Gasteiger charge is 2.47. The number of rotatable bonds is 5. The highest BCUT2D eigenvalue weighted by Crippen LogP contribution is 2.48. The van der Waals surface area contributed by atoms with Crippen molar-refractivity contribution in [2.24, 2.45) is 11.8 Å². The van der Waals surface area contributed by atoms with E-state index in [1.165, 1.54) is 0 Å². The third-order valence-corrected chi connectivity index (χ3v) is 5.05. The van der Waals surface area contributed by atoms with E-state index in [1.807, 2.05) is 35.2 Å². The molecular formula is C19H22N2O3. The lowest BCUT2D eigenvalue weighted by atomic mass is 9.97. The minimum absolute atomic E-state index is 0.123. The van der Waals surface area contributed by atoms with Crippen molar-refractivity contribution >= 4 is 5.91 Å². The van der Waals surface area contributed by atoms with Gasteiger partial charge in [0.05, 0.1) is 12.9 Å². The number of ether oxygens (including phenoxy) is 1. The van der Waals surface area contributed by atoms with Crippen LogP contribution in [-0.2, 0) is 4.79 Å². The molecule has 3 heterocycles. The van der Waals surface area contributed by atoms with Crippen molar-refractivity contribution in [1.82, 2.24) is 9.88 Å². The lowest BCUT2D eigenvalue weighted by molar-refractivity contribution is -0.134. The number of nitrogens with zero attached hydrogens (tertiary/aromatic N) is 2. The number of amides is 1. The van der Waals surface area contributed by atoms with Crippen LogP contribution < -0.4 is 4.74 Å². The summed E-state index contributed by atoms with van der Waals surface area (Å²) in [6.45, 7) is 2.34. The Kier molecular flexibility index (Phi) is 4.24. The molecule has 2 aromatic rings. The summed E-state index contributed by atoms with van der Waals surface area (Å²) in [5.41, 5.74) is 0. The van der Waals surface area contributed by atoms with E-state index in [9.17, 15) is 4.79 Å². The molecule has 2 atom stereocenters. The van der Waals surface area contributed by atoms with Crippen molar-refractivity contribution in [1.29, 1.82) is 0 Å². The summed E-state index contributed by atoms with van der Waals surface area (Å²) in [6.07, 6.45) is 6.34. The third-order valence-electron chi connectivity index (χ3n) is 5.05. The maximum Gasteiger partial charge on any atom is 0.226 e. The quantitative estimate of drug-likeness (QED) is 0.847. The molecule has 0 bridgehead atoms. The fraction of sp³-hybridized carbons (Fsp3) is 0.474. The molecule has 2 fully saturated rings. The fourth-order valence-electron chi connectivity index (χ4n) is 3.47. The second kappa shape index (κ2) is 6.67. The Morgan fingerprint density at radius 2 is 2.12 bits per heavy atom. The number of aromatic nitrogens is 1. The third kappa shape index (κ3) is 3.30. The number of likely N-dealkylation sites (tertiary alicyclic amines) is 1. The van der Waals surface area contributed by atoms with Crippen molar-refractivity contribution in [2.45, 2.75) is 25.2 Å². The van der Waals surface area contributed by atoms with Crippen LogP contribution in [0.3, 0.4) is 0 Å². The zero-order valence-electron chi connectivity index (χ0n) is 13.6. The second-order valence-electron chi connectivity index (χ2n) is 6.71. The van der Waals surface area contributed by atoms with Gasteiger partial charge in [0.1, 0.15) is 5.76 Å². The molecule has 1 aliphatic heterocycles. The van der Waals surface area contributed by atoms with E-state index in [4.69, 9.17) is 9.15 Å². The van der Waals surface area contributed by atoms with Gasteiger partial charge < -0.3 is 14.1 Å². The summed E-state index contributed by atoms with van der Waals surface area (Å²) in [4.78, 5) is 18.8. The van der Waals surface area contributed by atoms with E-state index in [1.54, 1.807) is 12.5 Å². The summed E-state index contributed by atoms with van der Waals surface area (Å²) in [5.74, 6) is 2.83. The van der Waals surface area contributed by atoms with Crippen LogP contribution in [0, 0.1) is 11.8 Å². The van der Waals surface area contributed by atoms with Gasteiger partial charge in [-0.1, -0.05) is 6.07 Å². The van der Waals surface area contributed by atoms with Gasteiger partial charge in [0.25, 0.3) is 0 Å². The predicted octanol–water partition coefficient (Wildman–Crippen LogP) is 3.10. The molecule has 126 valence electrons. The molecule has 0 N–H and O–H groups in total. The van der Waals surface area contributed by atoms with E-state index in [-0.39, 0.29) is 11.8 Å². The van der Waals surface area contributed by atoms with Crippen molar-refractivity contribution in [2.75, 3.05) is 19.7 Å². The van der Waals surface area contributed by atoms with Gasteiger partial charge in [-0.3, -0.25) is 4.79 Å². The summed E-state index contributed by atoms with van der Waals surface area (Å²) in [6, 6.07) is 9.54. The number of furan rings is 1. The molecule has 0 unspecified atom stereocenters. The van der Waals surface area contributed by atoms with Crippen LogP contribution in [0.5, 0.6) is 5.88 Å². The topological polar surface area (TPSA) is 55.6 Å². The Bertz CT molecular complexity index is 663. The highest BCUT2D eigenvalue weighted by molar-refractivity contribution is 5.82. The summed E-state index contributed by atoms with van der Waals surface area (Å²) >= 11 is 0. The molecule has 0 spiro atoms. The highest BCUT2D eigenvalue weighted by atomic mass is 16.5. The number of pyridine rings is 1. The molecule has 2 aromatic heterocycles. The Labute approximate surface area is 141 Å². The standard InChI is InChI=1S/C19H22N2O3/c22-19(16-12-15(16)17-4-3-11-23-17)21-9-6-14(7-10-21)13-24-18-5-1-2-8-20-18/h1-5,8,11,14-16H,6-7,9-10,12-13H2/t15-,16+/m0/s1. The minimum Gasteiger partial charge on any atom is -0.477 e. The molecule has 0 aromatic carbocycles. The molecule has 1 saturated carbocycles. The number of piperidine rings is 1. The van der Waals surface area contributed by atoms with Gasteiger partial charge in [0.15, 0.2) is 0 Å². The number of hydrogen-bond acceptors (Lipinski definition) is 4. The maximum absolute atomic E-state index is 12.6. The van der Waals surface area contributed by atoms with Gasteiger partial charge in [-0.15, -0.1) is 0 Å². The van der Waals surface area contributed by atoms with E-state index in [2.05, 4.69) is 4.98 Å². The molecule has 2 aliphatic rings. The lowest BCUT2D eigenvalue weighted by Gasteiger charge is -2.32. The minimum atomic E-state index is 0.123. The summed E-state index contributed by atoms with van der Waals surface area (Å²) in [5, 5.41) is 0. The van der Waals surface area contributed by atoms with E-state index < -0.39 is 0 Å². The smallest absolute Gasteiger partial charge is 0.226 e. The van der Waals surface area contributed by atoms with Gasteiger partial charge in [-0.05, 0) is 43.4 Å². The first-order valence-electron chi connectivity index (χ1n) is 8.67. The van der Waals surface area contributed by atoms with Crippen LogP contribution in [0.25, 0.3) is 0 Å². The zero-order valence-corrected chi connectivity index (χ0v) is 13.6. The van der Waals surface area contributed by atoms with Gasteiger partial charge in [-0.25, -0.2) is 4.98 Å². The number of hydrogen-bond donors (Lipinski definition) is 0. The first-order chi connectivity index (χ1) is 11.8. The van der Waals surface area contributed by atoms with Crippen molar-refractivity contribution in [3.05, 3.63) is 48.6 Å². The van der Waals surface area contributed by atoms with Gasteiger partial charge >= 0.3 is 0 Å². The predicted molar refractivity (Wildman–Crippen MR) is 88.6 cm³/mol. The van der Waals surface area contributed by atoms with Crippen molar-refractivity contribution in [3.63, 3.8) is 0 Å². The molecule has 1 saturated heterocycles. The van der Waals surface area contributed by atoms with Crippen LogP contribution >= 0.6 is 0 Å². The maximum atomic E-state index is 12.6. The lowest BCUT2D eigenvalue weighted by Crippen LogP contribution is -2.40. The van der Waals surface area contributed by atoms with Crippen molar-refractivity contribution in [3.8, 4) is 5.88 Å². The molecule has 5 heteroatoms. The number of carbonyl (C=O) groups is 1. The van der Waals surface area contributed by atoms with Crippen molar-refractivity contribution < 1.29 is 13.9 Å². The van der Waals surface area contributed by atoms with E-state index in [0.29, 0.717) is 24.3 Å². The normalized spacial score (nSPS) is 23.9. The first kappa shape index (κ1) is 15.2. The van der Waals surface area contributed by atoms with Crippen LogP contribution in [0.15, 0.2) is 47.2 Å². The molecule has 1 amide bonds. The number of carbonyl (C=O) groups excluding carboxylic acids is 1. The zero-order chi connectivity index (χ0) is 16.4. The van der Waals surface area contributed by atoms with E-state index >= 15 is 0 Å². The SMILES string of the molecule is O=C([C@@H]1C[C@@H]1c1ccco1)N1CCC(COc2ccccn2)CC1. The van der Waals surface area contributed by atoms with Crippen LogP contribution in [0.4, 0.5) is 0 Å². The largest absolute Gasteiger partial charge is 0.477 e. The van der Waals surface area contributed by atoms with Gasteiger partial charge in [0, 0.05) is 37.2 Å². The average molecular weight is 326 g/mol. The molecule has 24 heavy (non-hydrogen) atoms. The Hall–Kier alpha value is -2.30. The van der Waals surface area contributed by atoms with Crippen LogP contribution in [-0.4, -0.2) is 35.5 Å². The second-order valence-corrected chi connectivity index (χ2v) is 6.71. The van der Waals surface area contributed by atoms with Crippen LogP contribution in [0.1, 0.15) is 30.9 Å². The molecule has 0 radical (unpaired) electrons. The molecule has 4 rings (SSSR count). The Morgan fingerprint density at radius 3 is 2.83 bits per heavy atom. The molecular weight excluding hydrogens is 304 g/mol. The molecule has 1 aliphatic carbocycles. The van der Waals surface area contributed by atoms with Gasteiger partial charge in [-0.2, -0.15) is 0 Å². The molecule has 5 nitrogen and oxygen atoms in total. The Balaban J connectivity index is 1.22. The first-order valence-corrected chi connectivity index (χ1v) is 8.67. The van der Waals surface area contributed by atoms with E-state index in [0.717, 1.165) is 38.1 Å². The summed E-state index contributed by atoms with van der Waals surface area (Å²) < 4.78 is 11.2. The van der Waals surface area contributed by atoms with Crippen LogP contribution in [0.2, 0.25) is 0 Å². The fourth-order valence-corrected chi connectivity index (χ4v) is 3.47. The summed E-state index contributed by atoms with van der Waals surface area (Å²) in [7, 11) is 0.